The normalized spacial score (nSPS) is 13.6. The second-order valence-corrected chi connectivity index (χ2v) is 4.91. The molecule has 84 valence electrons. The molecular formula is C14H23N. The molecule has 0 saturated carbocycles. The molecular weight excluding hydrogens is 182 g/mol. The first-order chi connectivity index (χ1) is 6.93. The van der Waals surface area contributed by atoms with Gasteiger partial charge < -0.3 is 4.90 Å². The van der Waals surface area contributed by atoms with E-state index in [9.17, 15) is 0 Å². The van der Waals surface area contributed by atoms with Crippen LogP contribution in [0.15, 0.2) is 18.2 Å². The molecule has 1 heteroatoms. The molecule has 0 radical (unpaired) electrons. The molecule has 0 spiro atoms. The first-order valence-electron chi connectivity index (χ1n) is 5.70. The van der Waals surface area contributed by atoms with E-state index in [1.807, 2.05) is 0 Å². The average Bonchev–Trinajstić information content (AvgIpc) is 2.16. The molecule has 1 nitrogen and oxygen atoms in total. The van der Waals surface area contributed by atoms with Crippen LogP contribution in [-0.4, -0.2) is 19.0 Å². The largest absolute Gasteiger partial charge is 0.303 e. The average molecular weight is 205 g/mol. The van der Waals surface area contributed by atoms with Crippen LogP contribution in [0.4, 0.5) is 0 Å². The molecule has 0 aromatic heterocycles. The van der Waals surface area contributed by atoms with Crippen molar-refractivity contribution in [3.8, 4) is 0 Å². The van der Waals surface area contributed by atoms with Gasteiger partial charge in [-0.25, -0.2) is 0 Å². The van der Waals surface area contributed by atoms with Crippen LogP contribution in [0, 0.1) is 6.92 Å². The maximum atomic E-state index is 2.35. The zero-order valence-electron chi connectivity index (χ0n) is 10.8. The smallest absolute Gasteiger partial charge is 0.0316 e. The summed E-state index contributed by atoms with van der Waals surface area (Å²) in [6, 6.07) is 7.32. The van der Waals surface area contributed by atoms with Crippen molar-refractivity contribution in [3.05, 3.63) is 34.9 Å². The van der Waals surface area contributed by atoms with E-state index in [1.54, 1.807) is 0 Å². The van der Waals surface area contributed by atoms with Gasteiger partial charge in [-0.1, -0.05) is 32.0 Å². The van der Waals surface area contributed by atoms with Crippen LogP contribution >= 0.6 is 0 Å². The van der Waals surface area contributed by atoms with E-state index in [0.29, 0.717) is 12.0 Å². The topological polar surface area (TPSA) is 3.24 Å². The van der Waals surface area contributed by atoms with Crippen molar-refractivity contribution in [3.63, 3.8) is 0 Å². The summed E-state index contributed by atoms with van der Waals surface area (Å²) in [5, 5.41) is 0. The van der Waals surface area contributed by atoms with Crippen LogP contribution < -0.4 is 0 Å². The van der Waals surface area contributed by atoms with Gasteiger partial charge in [0.1, 0.15) is 0 Å². The number of hydrogen-bond donors (Lipinski definition) is 0. The number of aryl methyl sites for hydroxylation is 1. The lowest BCUT2D eigenvalue weighted by atomic mass is 9.94. The Hall–Kier alpha value is -0.820. The van der Waals surface area contributed by atoms with Crippen molar-refractivity contribution in [1.82, 2.24) is 4.90 Å². The van der Waals surface area contributed by atoms with Gasteiger partial charge in [-0.05, 0) is 50.6 Å². The molecule has 0 heterocycles. The summed E-state index contributed by atoms with van der Waals surface area (Å²) < 4.78 is 0. The lowest BCUT2D eigenvalue weighted by molar-refractivity contribution is 0.320. The van der Waals surface area contributed by atoms with Gasteiger partial charge in [-0.15, -0.1) is 0 Å². The Balaban J connectivity index is 3.10. The van der Waals surface area contributed by atoms with Crippen molar-refractivity contribution < 1.29 is 0 Å². The minimum Gasteiger partial charge on any atom is -0.303 e. The van der Waals surface area contributed by atoms with Gasteiger partial charge in [-0.3, -0.25) is 0 Å². The summed E-state index contributed by atoms with van der Waals surface area (Å²) in [6.07, 6.45) is 0. The summed E-state index contributed by atoms with van der Waals surface area (Å²) in [5.41, 5.74) is 4.27. The van der Waals surface area contributed by atoms with E-state index >= 15 is 0 Å². The van der Waals surface area contributed by atoms with Gasteiger partial charge >= 0.3 is 0 Å². The number of hydrogen-bond acceptors (Lipinski definition) is 1. The quantitative estimate of drug-likeness (QED) is 0.726. The van der Waals surface area contributed by atoms with Crippen molar-refractivity contribution in [1.29, 1.82) is 0 Å². The standard InChI is InChI=1S/C14H23N/c1-10(2)13-8-7-11(3)14(9-13)12(4)15(5)6/h7-10,12H,1-6H3. The third kappa shape index (κ3) is 2.82. The van der Waals surface area contributed by atoms with Crippen LogP contribution in [0.5, 0.6) is 0 Å². The van der Waals surface area contributed by atoms with Crippen molar-refractivity contribution >= 4 is 0 Å². The van der Waals surface area contributed by atoms with Crippen LogP contribution in [-0.2, 0) is 0 Å². The predicted octanol–water partition coefficient (Wildman–Crippen LogP) is 3.74. The van der Waals surface area contributed by atoms with Crippen LogP contribution in [0.25, 0.3) is 0 Å². The Kier molecular flexibility index (Phi) is 3.92. The molecule has 0 saturated heterocycles. The van der Waals surface area contributed by atoms with E-state index in [0.717, 1.165) is 0 Å². The van der Waals surface area contributed by atoms with Crippen LogP contribution in [0.1, 0.15) is 49.4 Å². The molecule has 15 heavy (non-hydrogen) atoms. The van der Waals surface area contributed by atoms with E-state index < -0.39 is 0 Å². The van der Waals surface area contributed by atoms with Gasteiger partial charge in [0.25, 0.3) is 0 Å². The van der Waals surface area contributed by atoms with Gasteiger partial charge in [0.15, 0.2) is 0 Å². The minimum atomic E-state index is 0.490. The molecule has 0 bridgehead atoms. The van der Waals surface area contributed by atoms with Crippen molar-refractivity contribution in [2.45, 2.75) is 39.7 Å². The molecule has 1 aromatic carbocycles. The van der Waals surface area contributed by atoms with Gasteiger partial charge in [-0.2, -0.15) is 0 Å². The summed E-state index contributed by atoms with van der Waals surface area (Å²) >= 11 is 0. The fourth-order valence-corrected chi connectivity index (χ4v) is 1.75. The third-order valence-corrected chi connectivity index (χ3v) is 3.19. The molecule has 1 unspecified atom stereocenters. The summed E-state index contributed by atoms with van der Waals surface area (Å²) in [7, 11) is 4.26. The molecule has 0 aliphatic heterocycles. The van der Waals surface area contributed by atoms with Crippen molar-refractivity contribution in [2.24, 2.45) is 0 Å². The van der Waals surface area contributed by atoms with Gasteiger partial charge in [0, 0.05) is 6.04 Å². The maximum absolute atomic E-state index is 2.35. The maximum Gasteiger partial charge on any atom is 0.0316 e. The zero-order chi connectivity index (χ0) is 11.6. The highest BCUT2D eigenvalue weighted by Gasteiger charge is 2.11. The molecule has 1 rings (SSSR count). The summed E-state index contributed by atoms with van der Waals surface area (Å²) in [5.74, 6) is 0.610. The fraction of sp³-hybridized carbons (Fsp3) is 0.571. The summed E-state index contributed by atoms with van der Waals surface area (Å²) in [4.78, 5) is 2.26. The lowest BCUT2D eigenvalue weighted by Crippen LogP contribution is -2.17. The molecule has 0 aliphatic rings. The number of rotatable bonds is 3. The highest BCUT2D eigenvalue weighted by atomic mass is 15.1. The molecule has 0 amide bonds. The second-order valence-electron chi connectivity index (χ2n) is 4.91. The molecule has 0 N–H and O–H groups in total. The highest BCUT2D eigenvalue weighted by Crippen LogP contribution is 2.25. The monoisotopic (exact) mass is 205 g/mol. The Labute approximate surface area is 94.1 Å². The highest BCUT2D eigenvalue weighted by molar-refractivity contribution is 5.34. The van der Waals surface area contributed by atoms with E-state index in [1.165, 1.54) is 16.7 Å². The molecule has 0 aliphatic carbocycles. The summed E-state index contributed by atoms with van der Waals surface area (Å²) in [6.45, 7) is 8.94. The molecule has 1 atom stereocenters. The Bertz CT molecular complexity index is 326. The van der Waals surface area contributed by atoms with Crippen LogP contribution in [0.2, 0.25) is 0 Å². The third-order valence-electron chi connectivity index (χ3n) is 3.19. The second kappa shape index (κ2) is 4.80. The lowest BCUT2D eigenvalue weighted by Gasteiger charge is -2.23. The number of nitrogens with zero attached hydrogens (tertiary/aromatic N) is 1. The van der Waals surface area contributed by atoms with E-state index in [2.05, 4.69) is 64.9 Å². The predicted molar refractivity (Wildman–Crippen MR) is 67.4 cm³/mol. The van der Waals surface area contributed by atoms with Gasteiger partial charge in [0.05, 0.1) is 0 Å². The fourth-order valence-electron chi connectivity index (χ4n) is 1.75. The zero-order valence-corrected chi connectivity index (χ0v) is 10.8. The first kappa shape index (κ1) is 12.3. The first-order valence-corrected chi connectivity index (χ1v) is 5.70. The van der Waals surface area contributed by atoms with Crippen LogP contribution in [0.3, 0.4) is 0 Å². The molecule has 1 aromatic rings. The molecule has 0 fully saturated rings. The van der Waals surface area contributed by atoms with E-state index in [-0.39, 0.29) is 0 Å². The number of benzene rings is 1. The Morgan fingerprint density at radius 3 is 2.13 bits per heavy atom. The van der Waals surface area contributed by atoms with E-state index in [4.69, 9.17) is 0 Å². The van der Waals surface area contributed by atoms with Gasteiger partial charge in [0.2, 0.25) is 0 Å². The van der Waals surface area contributed by atoms with Crippen molar-refractivity contribution in [2.75, 3.05) is 14.1 Å². The minimum absolute atomic E-state index is 0.490. The Morgan fingerprint density at radius 2 is 1.67 bits per heavy atom. The SMILES string of the molecule is Cc1ccc(C(C)C)cc1C(C)N(C)C. The Morgan fingerprint density at radius 1 is 1.07 bits per heavy atom.